The molecule has 1 fully saturated rings. The van der Waals surface area contributed by atoms with Gasteiger partial charge in [-0.1, -0.05) is 0 Å². The number of aromatic nitrogens is 2. The molecule has 1 amide bonds. The van der Waals surface area contributed by atoms with E-state index in [4.69, 9.17) is 5.73 Å². The van der Waals surface area contributed by atoms with Gasteiger partial charge in [0.25, 0.3) is 0 Å². The Morgan fingerprint density at radius 3 is 2.67 bits per heavy atom. The largest absolute Gasteiger partial charge is 0.330 e. The molecule has 100 valence electrons. The average Bonchev–Trinajstić information content (AvgIpc) is 2.80. The van der Waals surface area contributed by atoms with Gasteiger partial charge in [0.05, 0.1) is 11.2 Å². The summed E-state index contributed by atoms with van der Waals surface area (Å²) >= 11 is 0. The van der Waals surface area contributed by atoms with Crippen molar-refractivity contribution >= 4 is 11.7 Å². The van der Waals surface area contributed by atoms with Crippen molar-refractivity contribution < 1.29 is 4.79 Å². The molecular formula is C13H22N4O. The van der Waals surface area contributed by atoms with Crippen molar-refractivity contribution in [2.75, 3.05) is 18.0 Å². The topological polar surface area (TPSA) is 64.2 Å². The van der Waals surface area contributed by atoms with Crippen LogP contribution in [-0.4, -0.2) is 28.8 Å². The molecule has 1 aliphatic heterocycles. The molecule has 1 aromatic rings. The van der Waals surface area contributed by atoms with Gasteiger partial charge in [0, 0.05) is 19.0 Å². The van der Waals surface area contributed by atoms with Crippen LogP contribution in [-0.2, 0) is 10.3 Å². The molecule has 0 bridgehead atoms. The third-order valence-electron chi connectivity index (χ3n) is 3.26. The highest BCUT2D eigenvalue weighted by Gasteiger charge is 2.33. The lowest BCUT2D eigenvalue weighted by atomic mass is 10.1. The second-order valence-electron chi connectivity index (χ2n) is 6.04. The fraction of sp³-hybridized carbons (Fsp3) is 0.692. The van der Waals surface area contributed by atoms with Crippen molar-refractivity contribution in [1.82, 2.24) is 9.78 Å². The Morgan fingerprint density at radius 2 is 2.17 bits per heavy atom. The molecule has 0 saturated carbocycles. The van der Waals surface area contributed by atoms with Gasteiger partial charge in [0.15, 0.2) is 0 Å². The Balaban J connectivity index is 2.37. The number of hydrogen-bond donors (Lipinski definition) is 1. The zero-order valence-electron chi connectivity index (χ0n) is 11.6. The number of rotatable bonds is 2. The van der Waals surface area contributed by atoms with E-state index in [1.54, 1.807) is 0 Å². The predicted molar refractivity (Wildman–Crippen MR) is 71.5 cm³/mol. The SMILES string of the molecule is Cc1cc(N2CC(CN)CC2=O)n(C(C)(C)C)n1. The highest BCUT2D eigenvalue weighted by molar-refractivity contribution is 5.95. The summed E-state index contributed by atoms with van der Waals surface area (Å²) in [6.07, 6.45) is 0.546. The van der Waals surface area contributed by atoms with E-state index in [-0.39, 0.29) is 17.4 Å². The van der Waals surface area contributed by atoms with Gasteiger partial charge in [-0.3, -0.25) is 9.69 Å². The average molecular weight is 250 g/mol. The Morgan fingerprint density at radius 1 is 1.50 bits per heavy atom. The van der Waals surface area contributed by atoms with Crippen molar-refractivity contribution in [2.24, 2.45) is 11.7 Å². The Hall–Kier alpha value is -1.36. The summed E-state index contributed by atoms with van der Waals surface area (Å²) in [7, 11) is 0. The molecular weight excluding hydrogens is 228 g/mol. The maximum Gasteiger partial charge on any atom is 0.228 e. The first-order valence-electron chi connectivity index (χ1n) is 6.40. The van der Waals surface area contributed by atoms with Crippen LogP contribution in [0.1, 0.15) is 32.9 Å². The third kappa shape index (κ3) is 2.27. The summed E-state index contributed by atoms with van der Waals surface area (Å²) in [5.74, 6) is 1.30. The monoisotopic (exact) mass is 250 g/mol. The smallest absolute Gasteiger partial charge is 0.228 e. The second kappa shape index (κ2) is 4.39. The summed E-state index contributed by atoms with van der Waals surface area (Å²) in [5, 5.41) is 4.50. The van der Waals surface area contributed by atoms with E-state index in [9.17, 15) is 4.79 Å². The molecule has 1 atom stereocenters. The van der Waals surface area contributed by atoms with Crippen LogP contribution < -0.4 is 10.6 Å². The van der Waals surface area contributed by atoms with Gasteiger partial charge in [0.2, 0.25) is 5.91 Å². The first-order chi connectivity index (χ1) is 8.32. The fourth-order valence-corrected chi connectivity index (χ4v) is 2.33. The van der Waals surface area contributed by atoms with E-state index in [0.717, 1.165) is 11.5 Å². The van der Waals surface area contributed by atoms with Crippen molar-refractivity contribution in [3.63, 3.8) is 0 Å². The number of amides is 1. The Bertz CT molecular complexity index is 458. The molecule has 2 heterocycles. The molecule has 1 aliphatic rings. The molecule has 2 N–H and O–H groups in total. The van der Waals surface area contributed by atoms with Crippen molar-refractivity contribution in [2.45, 2.75) is 39.7 Å². The maximum absolute atomic E-state index is 12.1. The summed E-state index contributed by atoms with van der Waals surface area (Å²) in [6, 6.07) is 1.97. The molecule has 1 saturated heterocycles. The summed E-state index contributed by atoms with van der Waals surface area (Å²) < 4.78 is 1.93. The van der Waals surface area contributed by atoms with Gasteiger partial charge >= 0.3 is 0 Å². The Labute approximate surface area is 108 Å². The molecule has 0 spiro atoms. The minimum atomic E-state index is -0.134. The van der Waals surface area contributed by atoms with E-state index in [2.05, 4.69) is 25.9 Å². The molecule has 5 nitrogen and oxygen atoms in total. The van der Waals surface area contributed by atoms with Crippen LogP contribution >= 0.6 is 0 Å². The third-order valence-corrected chi connectivity index (χ3v) is 3.26. The fourth-order valence-electron chi connectivity index (χ4n) is 2.33. The quantitative estimate of drug-likeness (QED) is 0.859. The van der Waals surface area contributed by atoms with Crippen molar-refractivity contribution in [3.8, 4) is 0 Å². The molecule has 0 aliphatic carbocycles. The maximum atomic E-state index is 12.1. The molecule has 2 rings (SSSR count). The van der Waals surface area contributed by atoms with E-state index < -0.39 is 0 Å². The molecule has 0 aromatic carbocycles. The van der Waals surface area contributed by atoms with Gasteiger partial charge in [-0.05, 0) is 40.2 Å². The van der Waals surface area contributed by atoms with Gasteiger partial charge in [-0.25, -0.2) is 4.68 Å². The van der Waals surface area contributed by atoms with Gasteiger partial charge in [-0.15, -0.1) is 0 Å². The van der Waals surface area contributed by atoms with Crippen LogP contribution in [0.25, 0.3) is 0 Å². The molecule has 1 unspecified atom stereocenters. The Kier molecular flexibility index (Phi) is 3.19. The van der Waals surface area contributed by atoms with Crippen LogP contribution in [0.5, 0.6) is 0 Å². The first-order valence-corrected chi connectivity index (χ1v) is 6.40. The zero-order chi connectivity index (χ0) is 13.5. The molecule has 0 radical (unpaired) electrons. The number of aryl methyl sites for hydroxylation is 1. The number of nitrogens with two attached hydrogens (primary N) is 1. The van der Waals surface area contributed by atoms with Crippen LogP contribution in [0, 0.1) is 12.8 Å². The number of carbonyl (C=O) groups is 1. The highest BCUT2D eigenvalue weighted by atomic mass is 16.2. The van der Waals surface area contributed by atoms with Gasteiger partial charge in [-0.2, -0.15) is 5.10 Å². The van der Waals surface area contributed by atoms with Crippen molar-refractivity contribution in [1.29, 1.82) is 0 Å². The van der Waals surface area contributed by atoms with E-state index in [1.807, 2.05) is 22.6 Å². The highest BCUT2D eigenvalue weighted by Crippen LogP contribution is 2.29. The predicted octanol–water partition coefficient (Wildman–Crippen LogP) is 1.26. The lowest BCUT2D eigenvalue weighted by Gasteiger charge is -2.26. The van der Waals surface area contributed by atoms with Crippen LogP contribution in [0.4, 0.5) is 5.82 Å². The number of hydrogen-bond acceptors (Lipinski definition) is 3. The lowest BCUT2D eigenvalue weighted by Crippen LogP contribution is -2.33. The van der Waals surface area contributed by atoms with Gasteiger partial charge < -0.3 is 5.73 Å². The molecule has 18 heavy (non-hydrogen) atoms. The number of nitrogens with zero attached hydrogens (tertiary/aromatic N) is 3. The minimum absolute atomic E-state index is 0.134. The lowest BCUT2D eigenvalue weighted by molar-refractivity contribution is -0.117. The van der Waals surface area contributed by atoms with Crippen LogP contribution in [0.3, 0.4) is 0 Å². The first kappa shape index (κ1) is 13.1. The summed E-state index contributed by atoms with van der Waals surface area (Å²) in [6.45, 7) is 9.48. The molecule has 1 aromatic heterocycles. The van der Waals surface area contributed by atoms with Crippen molar-refractivity contribution in [3.05, 3.63) is 11.8 Å². The second-order valence-corrected chi connectivity index (χ2v) is 6.04. The van der Waals surface area contributed by atoms with Crippen LogP contribution in [0.15, 0.2) is 6.07 Å². The molecule has 5 heteroatoms. The standard InChI is InChI=1S/C13H22N4O/c1-9-5-11(17(15-9)13(2,3)4)16-8-10(7-14)6-12(16)18/h5,10H,6-8,14H2,1-4H3. The summed E-state index contributed by atoms with van der Waals surface area (Å²) in [4.78, 5) is 13.9. The zero-order valence-corrected chi connectivity index (χ0v) is 11.6. The van der Waals surface area contributed by atoms with E-state index in [0.29, 0.717) is 19.5 Å². The normalized spacial score (nSPS) is 20.8. The minimum Gasteiger partial charge on any atom is -0.330 e. The number of anilines is 1. The summed E-state index contributed by atoms with van der Waals surface area (Å²) in [5.41, 5.74) is 6.46. The van der Waals surface area contributed by atoms with E-state index >= 15 is 0 Å². The van der Waals surface area contributed by atoms with Gasteiger partial charge in [0.1, 0.15) is 5.82 Å². The van der Waals surface area contributed by atoms with E-state index in [1.165, 1.54) is 0 Å². The number of carbonyl (C=O) groups excluding carboxylic acids is 1. The van der Waals surface area contributed by atoms with Crippen LogP contribution in [0.2, 0.25) is 0 Å².